The van der Waals surface area contributed by atoms with Crippen molar-refractivity contribution in [3.05, 3.63) is 11.7 Å². The fourth-order valence-electron chi connectivity index (χ4n) is 2.84. The van der Waals surface area contributed by atoms with Gasteiger partial charge in [0, 0.05) is 25.6 Å². The molecule has 1 aliphatic rings. The predicted octanol–water partition coefficient (Wildman–Crippen LogP) is 2.81. The summed E-state index contributed by atoms with van der Waals surface area (Å²) in [5.41, 5.74) is -0.305. The lowest BCUT2D eigenvalue weighted by molar-refractivity contribution is -0.0777. The van der Waals surface area contributed by atoms with Gasteiger partial charge in [0.25, 0.3) is 0 Å². The van der Waals surface area contributed by atoms with Gasteiger partial charge in [-0.05, 0) is 19.8 Å². The summed E-state index contributed by atoms with van der Waals surface area (Å²) < 4.78 is 11.4. The predicted molar refractivity (Wildman–Crippen MR) is 77.5 cm³/mol. The minimum absolute atomic E-state index is 0.305. The Hall–Kier alpha value is -0.940. The monoisotopic (exact) mass is 281 g/mol. The summed E-state index contributed by atoms with van der Waals surface area (Å²) in [5, 5.41) is 7.55. The fraction of sp³-hybridized carbons (Fsp3) is 0.867. The van der Waals surface area contributed by atoms with Crippen molar-refractivity contribution in [3.63, 3.8) is 0 Å². The second kappa shape index (κ2) is 7.18. The molecule has 0 aromatic carbocycles. The van der Waals surface area contributed by atoms with E-state index in [4.69, 9.17) is 9.26 Å². The van der Waals surface area contributed by atoms with Crippen LogP contribution in [0.25, 0.3) is 0 Å². The van der Waals surface area contributed by atoms with Gasteiger partial charge >= 0.3 is 0 Å². The van der Waals surface area contributed by atoms with E-state index in [1.807, 2.05) is 6.92 Å². The van der Waals surface area contributed by atoms with Crippen LogP contribution in [0.4, 0.5) is 0 Å². The number of nitrogens with one attached hydrogen (secondary N) is 1. The zero-order valence-electron chi connectivity index (χ0n) is 12.9. The minimum atomic E-state index is -0.305. The molecule has 0 bridgehead atoms. The van der Waals surface area contributed by atoms with E-state index in [-0.39, 0.29) is 5.60 Å². The van der Waals surface area contributed by atoms with Crippen molar-refractivity contribution in [3.8, 4) is 0 Å². The molecule has 0 aliphatic heterocycles. The molecule has 1 saturated carbocycles. The average molecular weight is 281 g/mol. The Morgan fingerprint density at radius 1 is 1.30 bits per heavy atom. The summed E-state index contributed by atoms with van der Waals surface area (Å²) in [6.45, 7) is 7.85. The van der Waals surface area contributed by atoms with Gasteiger partial charge in [-0.15, -0.1) is 0 Å². The molecular formula is C15H27N3O2. The number of ether oxygens (including phenoxy) is 1. The van der Waals surface area contributed by atoms with Crippen LogP contribution in [-0.2, 0) is 16.8 Å². The van der Waals surface area contributed by atoms with Crippen LogP contribution in [0.15, 0.2) is 4.52 Å². The summed E-state index contributed by atoms with van der Waals surface area (Å²) in [7, 11) is 0. The Morgan fingerprint density at radius 3 is 2.70 bits per heavy atom. The van der Waals surface area contributed by atoms with E-state index in [0.29, 0.717) is 18.5 Å². The molecule has 0 amide bonds. The van der Waals surface area contributed by atoms with E-state index in [2.05, 4.69) is 29.3 Å². The second-order valence-corrected chi connectivity index (χ2v) is 5.86. The standard InChI is InChI=1S/C15H27N3O2/c1-4-19-15(9-6-5-7-10-15)14-17-13(20-18-14)8-11-16-12(2)3/h12,16H,4-11H2,1-3H3. The number of nitrogens with zero attached hydrogens (tertiary/aromatic N) is 2. The first kappa shape index (κ1) is 15.4. The third-order valence-electron chi connectivity index (χ3n) is 3.85. The highest BCUT2D eigenvalue weighted by atomic mass is 16.5. The third-order valence-corrected chi connectivity index (χ3v) is 3.85. The summed E-state index contributed by atoms with van der Waals surface area (Å²) in [5.74, 6) is 1.45. The Labute approximate surface area is 121 Å². The molecule has 1 N–H and O–H groups in total. The molecule has 1 fully saturated rings. The lowest BCUT2D eigenvalue weighted by atomic mass is 9.84. The topological polar surface area (TPSA) is 60.2 Å². The first-order valence-corrected chi connectivity index (χ1v) is 7.87. The maximum atomic E-state index is 6.01. The van der Waals surface area contributed by atoms with Crippen molar-refractivity contribution in [2.24, 2.45) is 0 Å². The van der Waals surface area contributed by atoms with Gasteiger partial charge in [0.05, 0.1) is 0 Å². The fourth-order valence-corrected chi connectivity index (χ4v) is 2.84. The summed E-state index contributed by atoms with van der Waals surface area (Å²) in [4.78, 5) is 4.58. The van der Waals surface area contributed by atoms with E-state index in [0.717, 1.165) is 31.6 Å². The Bertz CT molecular complexity index is 392. The van der Waals surface area contributed by atoms with E-state index < -0.39 is 0 Å². The zero-order chi connectivity index (χ0) is 14.4. The highest BCUT2D eigenvalue weighted by molar-refractivity contribution is 5.03. The van der Waals surface area contributed by atoms with Gasteiger partial charge < -0.3 is 14.6 Å². The van der Waals surface area contributed by atoms with Gasteiger partial charge in [0.1, 0.15) is 5.60 Å². The van der Waals surface area contributed by atoms with Crippen LogP contribution in [0.3, 0.4) is 0 Å². The Kier molecular flexibility index (Phi) is 5.54. The zero-order valence-corrected chi connectivity index (χ0v) is 12.9. The van der Waals surface area contributed by atoms with Crippen LogP contribution >= 0.6 is 0 Å². The van der Waals surface area contributed by atoms with Crippen LogP contribution in [-0.4, -0.2) is 29.3 Å². The van der Waals surface area contributed by atoms with Crippen LogP contribution in [0.5, 0.6) is 0 Å². The van der Waals surface area contributed by atoms with Crippen molar-refractivity contribution in [1.29, 1.82) is 0 Å². The molecule has 114 valence electrons. The SMILES string of the molecule is CCOC1(c2noc(CCNC(C)C)n2)CCCCC1. The molecule has 2 rings (SSSR count). The quantitative estimate of drug-likeness (QED) is 0.832. The highest BCUT2D eigenvalue weighted by Crippen LogP contribution is 2.38. The molecular weight excluding hydrogens is 254 g/mol. The Balaban J connectivity index is 2.01. The van der Waals surface area contributed by atoms with Crippen molar-refractivity contribution in [1.82, 2.24) is 15.5 Å². The van der Waals surface area contributed by atoms with Gasteiger partial charge in [-0.25, -0.2) is 0 Å². The van der Waals surface area contributed by atoms with Crippen LogP contribution in [0, 0.1) is 0 Å². The largest absolute Gasteiger partial charge is 0.367 e. The maximum absolute atomic E-state index is 6.01. The normalized spacial score (nSPS) is 18.6. The molecule has 20 heavy (non-hydrogen) atoms. The third kappa shape index (κ3) is 3.79. The van der Waals surface area contributed by atoms with Gasteiger partial charge in [-0.2, -0.15) is 4.98 Å². The lowest BCUT2D eigenvalue weighted by Gasteiger charge is -2.33. The van der Waals surface area contributed by atoms with E-state index in [9.17, 15) is 0 Å². The number of hydrogen-bond acceptors (Lipinski definition) is 5. The lowest BCUT2D eigenvalue weighted by Crippen LogP contribution is -2.33. The first-order valence-electron chi connectivity index (χ1n) is 7.87. The molecule has 1 heterocycles. The van der Waals surface area contributed by atoms with E-state index in [1.165, 1.54) is 19.3 Å². The smallest absolute Gasteiger partial charge is 0.228 e. The number of aromatic nitrogens is 2. The molecule has 1 aromatic heterocycles. The molecule has 0 atom stereocenters. The van der Waals surface area contributed by atoms with Crippen molar-refractivity contribution < 1.29 is 9.26 Å². The molecule has 5 heteroatoms. The van der Waals surface area contributed by atoms with E-state index >= 15 is 0 Å². The second-order valence-electron chi connectivity index (χ2n) is 5.86. The first-order chi connectivity index (χ1) is 9.66. The molecule has 0 saturated heterocycles. The Morgan fingerprint density at radius 2 is 2.05 bits per heavy atom. The molecule has 0 radical (unpaired) electrons. The van der Waals surface area contributed by atoms with Crippen LogP contribution in [0.1, 0.15) is 64.6 Å². The van der Waals surface area contributed by atoms with Crippen molar-refractivity contribution >= 4 is 0 Å². The minimum Gasteiger partial charge on any atom is -0.367 e. The van der Waals surface area contributed by atoms with Crippen LogP contribution in [0.2, 0.25) is 0 Å². The van der Waals surface area contributed by atoms with Gasteiger partial charge in [0.15, 0.2) is 0 Å². The summed E-state index contributed by atoms with van der Waals surface area (Å²) in [6.07, 6.45) is 6.41. The molecule has 1 aromatic rings. The molecule has 1 aliphatic carbocycles. The average Bonchev–Trinajstić information content (AvgIpc) is 2.89. The number of hydrogen-bond donors (Lipinski definition) is 1. The molecule has 0 spiro atoms. The van der Waals surface area contributed by atoms with Gasteiger partial charge in [-0.1, -0.05) is 38.3 Å². The van der Waals surface area contributed by atoms with Gasteiger partial charge in [0.2, 0.25) is 11.7 Å². The summed E-state index contributed by atoms with van der Waals surface area (Å²) >= 11 is 0. The highest BCUT2D eigenvalue weighted by Gasteiger charge is 2.39. The van der Waals surface area contributed by atoms with Crippen molar-refractivity contribution in [2.75, 3.05) is 13.2 Å². The number of rotatable bonds is 7. The van der Waals surface area contributed by atoms with Crippen molar-refractivity contribution in [2.45, 2.75) is 70.9 Å². The maximum Gasteiger partial charge on any atom is 0.228 e. The molecule has 0 unspecified atom stereocenters. The van der Waals surface area contributed by atoms with Crippen LogP contribution < -0.4 is 5.32 Å². The van der Waals surface area contributed by atoms with Gasteiger partial charge in [-0.3, -0.25) is 0 Å². The summed E-state index contributed by atoms with van der Waals surface area (Å²) in [6, 6.07) is 0.477. The van der Waals surface area contributed by atoms with E-state index in [1.54, 1.807) is 0 Å². The molecule has 5 nitrogen and oxygen atoms in total.